The Bertz CT molecular complexity index is 543. The number of rotatable bonds is 6. The van der Waals surface area contributed by atoms with Crippen LogP contribution in [0.2, 0.25) is 0 Å². The van der Waals surface area contributed by atoms with E-state index in [1.165, 1.54) is 0 Å². The van der Waals surface area contributed by atoms with Gasteiger partial charge in [-0.15, -0.1) is 11.8 Å². The lowest BCUT2D eigenvalue weighted by Gasteiger charge is -2.28. The first-order chi connectivity index (χ1) is 10.5. The van der Waals surface area contributed by atoms with Gasteiger partial charge in [0.15, 0.2) is 0 Å². The molecular formula is C17H22O4S. The van der Waals surface area contributed by atoms with E-state index in [1.54, 1.807) is 18.7 Å². The van der Waals surface area contributed by atoms with Crippen molar-refractivity contribution in [2.24, 2.45) is 11.8 Å². The number of carbonyl (C=O) groups is 2. The summed E-state index contributed by atoms with van der Waals surface area (Å²) in [6, 6.07) is 7.56. The number of thioether (sulfide) groups is 1. The molecule has 2 N–H and O–H groups in total. The van der Waals surface area contributed by atoms with Crippen LogP contribution < -0.4 is 0 Å². The first-order valence-corrected chi connectivity index (χ1v) is 8.66. The molecule has 1 fully saturated rings. The highest BCUT2D eigenvalue weighted by atomic mass is 32.2. The van der Waals surface area contributed by atoms with Crippen LogP contribution in [-0.4, -0.2) is 27.9 Å². The van der Waals surface area contributed by atoms with Crippen LogP contribution >= 0.6 is 11.8 Å². The lowest BCUT2D eigenvalue weighted by Crippen LogP contribution is -2.28. The molecule has 1 aliphatic rings. The van der Waals surface area contributed by atoms with Gasteiger partial charge in [-0.2, -0.15) is 0 Å². The molecule has 0 saturated heterocycles. The van der Waals surface area contributed by atoms with E-state index in [-0.39, 0.29) is 11.8 Å². The van der Waals surface area contributed by atoms with E-state index >= 15 is 0 Å². The third-order valence-electron chi connectivity index (χ3n) is 4.42. The third kappa shape index (κ3) is 4.26. The lowest BCUT2D eigenvalue weighted by atomic mass is 9.80. The molecule has 0 aromatic heterocycles. The quantitative estimate of drug-likeness (QED) is 0.778. The van der Waals surface area contributed by atoms with Gasteiger partial charge >= 0.3 is 11.9 Å². The fourth-order valence-corrected chi connectivity index (χ4v) is 4.15. The van der Waals surface area contributed by atoms with Gasteiger partial charge in [0.1, 0.15) is 0 Å². The fourth-order valence-electron chi connectivity index (χ4n) is 2.95. The number of carboxylic acids is 2. The van der Waals surface area contributed by atoms with Crippen LogP contribution in [0.3, 0.4) is 0 Å². The molecule has 0 aliphatic heterocycles. The topological polar surface area (TPSA) is 74.6 Å². The van der Waals surface area contributed by atoms with Gasteiger partial charge in [-0.05, 0) is 43.4 Å². The molecule has 0 bridgehead atoms. The summed E-state index contributed by atoms with van der Waals surface area (Å²) in [5.74, 6) is -1.29. The highest BCUT2D eigenvalue weighted by molar-refractivity contribution is 7.99. The Hall–Kier alpha value is -1.49. The number of benzene rings is 1. The highest BCUT2D eigenvalue weighted by Crippen LogP contribution is 2.35. The first-order valence-electron chi connectivity index (χ1n) is 7.67. The second-order valence-electron chi connectivity index (χ2n) is 5.93. The zero-order valence-electron chi connectivity index (χ0n) is 12.7. The molecule has 1 aliphatic carbocycles. The smallest absolute Gasteiger partial charge is 0.310 e. The van der Waals surface area contributed by atoms with Crippen LogP contribution in [0, 0.1) is 11.8 Å². The minimum absolute atomic E-state index is 0.205. The Morgan fingerprint density at radius 1 is 1.27 bits per heavy atom. The Morgan fingerprint density at radius 2 is 2.00 bits per heavy atom. The number of hydrogen-bond donors (Lipinski definition) is 2. The summed E-state index contributed by atoms with van der Waals surface area (Å²) in [4.78, 5) is 23.4. The fraction of sp³-hybridized carbons (Fsp3) is 0.529. The van der Waals surface area contributed by atoms with Gasteiger partial charge in [0.2, 0.25) is 0 Å². The predicted octanol–water partition coefficient (Wildman–Crippen LogP) is 3.86. The summed E-state index contributed by atoms with van der Waals surface area (Å²) < 4.78 is 0. The normalized spacial score (nSPS) is 23.0. The van der Waals surface area contributed by atoms with E-state index in [2.05, 4.69) is 0 Å². The zero-order valence-corrected chi connectivity index (χ0v) is 13.5. The van der Waals surface area contributed by atoms with E-state index in [4.69, 9.17) is 5.11 Å². The first kappa shape index (κ1) is 16.9. The van der Waals surface area contributed by atoms with Crippen molar-refractivity contribution in [1.82, 2.24) is 0 Å². The molecule has 0 radical (unpaired) electrons. The summed E-state index contributed by atoms with van der Waals surface area (Å²) in [7, 11) is 0. The molecule has 1 aromatic carbocycles. The maximum atomic E-state index is 11.3. The summed E-state index contributed by atoms with van der Waals surface area (Å²) in [6.07, 6.45) is 3.85. The van der Waals surface area contributed by atoms with E-state index in [0.29, 0.717) is 0 Å². The Labute approximate surface area is 134 Å². The van der Waals surface area contributed by atoms with Gasteiger partial charge in [-0.25, -0.2) is 0 Å². The van der Waals surface area contributed by atoms with E-state index in [0.717, 1.165) is 41.9 Å². The minimum Gasteiger partial charge on any atom is -0.481 e. The average Bonchev–Trinajstić information content (AvgIpc) is 2.52. The van der Waals surface area contributed by atoms with E-state index in [1.807, 2.05) is 24.3 Å². The van der Waals surface area contributed by atoms with E-state index in [9.17, 15) is 14.7 Å². The van der Waals surface area contributed by atoms with Crippen molar-refractivity contribution in [3.8, 4) is 0 Å². The van der Waals surface area contributed by atoms with E-state index < -0.39 is 17.9 Å². The monoisotopic (exact) mass is 322 g/mol. The predicted molar refractivity (Wildman–Crippen MR) is 86.3 cm³/mol. The second-order valence-corrected chi connectivity index (χ2v) is 7.03. The summed E-state index contributed by atoms with van der Waals surface area (Å²) in [6.45, 7) is 1.67. The number of hydrogen-bond acceptors (Lipinski definition) is 3. The van der Waals surface area contributed by atoms with Crippen LogP contribution in [0.1, 0.15) is 44.1 Å². The molecule has 1 aromatic rings. The van der Waals surface area contributed by atoms with Crippen molar-refractivity contribution in [2.75, 3.05) is 5.75 Å². The van der Waals surface area contributed by atoms with Crippen LogP contribution in [-0.2, 0) is 9.59 Å². The maximum absolute atomic E-state index is 11.3. The van der Waals surface area contributed by atoms with Crippen molar-refractivity contribution in [3.63, 3.8) is 0 Å². The van der Waals surface area contributed by atoms with Crippen LogP contribution in [0.5, 0.6) is 0 Å². The van der Waals surface area contributed by atoms with Crippen LogP contribution in [0.4, 0.5) is 0 Å². The Kier molecular flexibility index (Phi) is 5.89. The van der Waals surface area contributed by atoms with Gasteiger partial charge in [0.05, 0.1) is 11.8 Å². The standard InChI is InChI=1S/C17H22O4S/c1-11(16(18)19)12-6-4-7-14(9-12)22-10-13-5-2-3-8-15(13)17(20)21/h4,6-7,9,11,13,15H,2-3,5,8,10H2,1H3,(H,18,19)(H,20,21). The zero-order chi connectivity index (χ0) is 16.1. The molecule has 120 valence electrons. The van der Waals surface area contributed by atoms with Crippen LogP contribution in [0.25, 0.3) is 0 Å². The number of carboxylic acid groups (broad SMARTS) is 2. The molecule has 2 rings (SSSR count). The summed E-state index contributed by atoms with van der Waals surface area (Å²) >= 11 is 1.64. The maximum Gasteiger partial charge on any atom is 0.310 e. The molecule has 3 unspecified atom stereocenters. The summed E-state index contributed by atoms with van der Waals surface area (Å²) in [5.41, 5.74) is 0.788. The van der Waals surface area contributed by atoms with Crippen molar-refractivity contribution < 1.29 is 19.8 Å². The van der Waals surface area contributed by atoms with Gasteiger partial charge in [-0.1, -0.05) is 25.0 Å². The third-order valence-corrected chi connectivity index (χ3v) is 5.60. The molecule has 0 spiro atoms. The SMILES string of the molecule is CC(C(=O)O)c1cccc(SCC2CCCCC2C(=O)O)c1. The molecule has 5 heteroatoms. The average molecular weight is 322 g/mol. The Morgan fingerprint density at radius 3 is 2.68 bits per heavy atom. The number of aliphatic carboxylic acids is 2. The summed E-state index contributed by atoms with van der Waals surface area (Å²) in [5, 5.41) is 18.4. The van der Waals surface area contributed by atoms with Crippen molar-refractivity contribution in [1.29, 1.82) is 0 Å². The van der Waals surface area contributed by atoms with Crippen LogP contribution in [0.15, 0.2) is 29.2 Å². The molecule has 0 heterocycles. The van der Waals surface area contributed by atoms with Gasteiger partial charge in [-0.3, -0.25) is 9.59 Å². The van der Waals surface area contributed by atoms with Gasteiger partial charge in [0, 0.05) is 10.6 Å². The molecule has 0 amide bonds. The lowest BCUT2D eigenvalue weighted by molar-refractivity contribution is -0.144. The van der Waals surface area contributed by atoms with Crippen molar-refractivity contribution in [2.45, 2.75) is 43.4 Å². The molecule has 1 saturated carbocycles. The van der Waals surface area contributed by atoms with Gasteiger partial charge < -0.3 is 10.2 Å². The highest BCUT2D eigenvalue weighted by Gasteiger charge is 2.30. The largest absolute Gasteiger partial charge is 0.481 e. The van der Waals surface area contributed by atoms with Crippen molar-refractivity contribution >= 4 is 23.7 Å². The van der Waals surface area contributed by atoms with Gasteiger partial charge in [0.25, 0.3) is 0 Å². The second kappa shape index (κ2) is 7.68. The molecule has 3 atom stereocenters. The Balaban J connectivity index is 2.00. The molecule has 4 nitrogen and oxygen atoms in total. The molecule has 22 heavy (non-hydrogen) atoms. The minimum atomic E-state index is -0.833. The van der Waals surface area contributed by atoms with Crippen molar-refractivity contribution in [3.05, 3.63) is 29.8 Å². The molecular weight excluding hydrogens is 300 g/mol.